The minimum Gasteiger partial charge on any atom is -0.308 e. The number of nitriles is 2. The maximum atomic E-state index is 15.5. The van der Waals surface area contributed by atoms with Crippen LogP contribution in [0.15, 0.2) is 176 Å². The van der Waals surface area contributed by atoms with Crippen LogP contribution in [-0.4, -0.2) is 9.13 Å². The van der Waals surface area contributed by atoms with Gasteiger partial charge in [-0.15, -0.1) is 0 Å². The van der Waals surface area contributed by atoms with E-state index >= 15 is 13.2 Å². The van der Waals surface area contributed by atoms with Crippen molar-refractivity contribution in [3.05, 3.63) is 237 Å². The molecule has 102 heavy (non-hydrogen) atoms. The van der Waals surface area contributed by atoms with Crippen molar-refractivity contribution in [1.29, 1.82) is 10.5 Å². The second-order valence-corrected chi connectivity index (χ2v) is 23.1. The van der Waals surface area contributed by atoms with Gasteiger partial charge in [0.1, 0.15) is 11.6 Å². The second-order valence-electron chi connectivity index (χ2n) is 23.1. The molecule has 12 rings (SSSR count). The molecule has 31 heteroatoms. The Balaban J connectivity index is 1.24. The highest BCUT2D eigenvalue weighted by molar-refractivity contribution is 6.14. The molecular weight excluding hydrogens is 1420 g/mol. The third kappa shape index (κ3) is 13.2. The Morgan fingerprint density at radius 2 is 0.471 bits per heavy atom. The number of aromatic nitrogens is 2. The summed E-state index contributed by atoms with van der Waals surface area (Å²) in [5.41, 5.74) is -27.1. The minimum atomic E-state index is -5.46. The number of hydrogen-bond donors (Lipinski definition) is 0. The van der Waals surface area contributed by atoms with E-state index in [9.17, 15) is 116 Å². The van der Waals surface area contributed by atoms with E-state index in [1.807, 2.05) is 6.07 Å². The summed E-state index contributed by atoms with van der Waals surface area (Å²) in [6.07, 6.45) is -49.1. The van der Waals surface area contributed by atoms with Gasteiger partial charge in [0.05, 0.1) is 95.1 Å². The quantitative estimate of drug-likeness (QED) is 0.149. The first-order valence-electron chi connectivity index (χ1n) is 28.7. The zero-order valence-electron chi connectivity index (χ0n) is 49.7. The lowest BCUT2D eigenvalue weighted by Crippen LogP contribution is -2.11. The molecule has 12 aromatic rings. The van der Waals surface area contributed by atoms with Gasteiger partial charge in [-0.25, -0.2) is 0 Å². The van der Waals surface area contributed by atoms with Gasteiger partial charge in [0.15, 0.2) is 0 Å². The molecule has 0 aliphatic heterocycles. The topological polar surface area (TPSA) is 57.4 Å². The molecular formula is C71H29F27N4. The third-order valence-electron chi connectivity index (χ3n) is 16.7. The first kappa shape index (κ1) is 70.7. The first-order chi connectivity index (χ1) is 47.1. The molecule has 0 aliphatic rings. The summed E-state index contributed by atoms with van der Waals surface area (Å²) in [7, 11) is 0. The van der Waals surface area contributed by atoms with E-state index in [-0.39, 0.29) is 116 Å². The van der Waals surface area contributed by atoms with E-state index in [4.69, 9.17) is 0 Å². The molecule has 2 aromatic heterocycles. The lowest BCUT2D eigenvalue weighted by Gasteiger charge is -2.20. The van der Waals surface area contributed by atoms with Gasteiger partial charge in [0, 0.05) is 21.5 Å². The van der Waals surface area contributed by atoms with E-state index in [1.165, 1.54) is 6.07 Å². The van der Waals surface area contributed by atoms with Gasteiger partial charge in [0.25, 0.3) is 0 Å². The summed E-state index contributed by atoms with van der Waals surface area (Å²) in [6.45, 7) is 0. The van der Waals surface area contributed by atoms with E-state index in [0.29, 0.717) is 6.07 Å². The molecule has 4 nitrogen and oxygen atoms in total. The molecule has 0 radical (unpaired) electrons. The van der Waals surface area contributed by atoms with Crippen LogP contribution in [-0.2, 0) is 55.6 Å². The smallest absolute Gasteiger partial charge is 0.308 e. The summed E-state index contributed by atoms with van der Waals surface area (Å²) >= 11 is 0. The molecule has 0 unspecified atom stereocenters. The molecule has 0 aliphatic carbocycles. The predicted molar refractivity (Wildman–Crippen MR) is 317 cm³/mol. The summed E-state index contributed by atoms with van der Waals surface area (Å²) in [4.78, 5) is 0. The zero-order valence-corrected chi connectivity index (χ0v) is 49.7. The van der Waals surface area contributed by atoms with Crippen molar-refractivity contribution >= 4 is 43.6 Å². The number of halogens is 27. The van der Waals surface area contributed by atoms with Gasteiger partial charge in [-0.2, -0.15) is 129 Å². The largest absolute Gasteiger partial charge is 0.417 e. The Morgan fingerprint density at radius 3 is 0.676 bits per heavy atom. The average Bonchev–Trinajstić information content (AvgIpc) is 1.55. The number of rotatable bonds is 7. The van der Waals surface area contributed by atoms with Crippen LogP contribution in [0.4, 0.5) is 119 Å². The predicted octanol–water partition coefficient (Wildman–Crippen LogP) is 25.1. The summed E-state index contributed by atoms with van der Waals surface area (Å²) in [5.74, 6) is 0. The Morgan fingerprint density at radius 1 is 0.225 bits per heavy atom. The highest BCUT2D eigenvalue weighted by atomic mass is 19.4. The van der Waals surface area contributed by atoms with Gasteiger partial charge in [-0.3, -0.25) is 0 Å². The maximum Gasteiger partial charge on any atom is 0.417 e. The molecule has 0 N–H and O–H groups in total. The van der Waals surface area contributed by atoms with Crippen LogP contribution in [0.5, 0.6) is 0 Å². The molecule has 0 saturated heterocycles. The zero-order chi connectivity index (χ0) is 74.5. The molecule has 10 aromatic carbocycles. The number of fused-ring (bicyclic) bond motifs is 6. The monoisotopic (exact) mass is 1450 g/mol. The fraction of sp³-hybridized carbons (Fsp3) is 0.127. The molecule has 0 amide bonds. The van der Waals surface area contributed by atoms with E-state index < -0.39 is 184 Å². The molecule has 0 spiro atoms. The fourth-order valence-corrected chi connectivity index (χ4v) is 12.1. The molecule has 0 saturated carbocycles. The molecule has 522 valence electrons. The molecule has 0 atom stereocenters. The molecule has 0 bridgehead atoms. The number of benzene rings is 10. The maximum absolute atomic E-state index is 15.5. The standard InChI is InChI=1S/C71H29F27N4/c72-63(73,74)42-12-37(13-43(26-42)64(75,76)77)33-2-7-57-51(20-33)52-21-34(38-14-44(65(78,79)80)27-45(15-38)66(81,82)83)3-8-58(52)101(57)61-24-41(50-6-1-32(30-99)11-56(50)71(96,97)98)25-62(55(61)31-100)102-59-9-4-35(39-16-46(67(84,85)86)28-47(17-39)68(87,88)89)22-53(59)54-23-36(5-10-60(54)102)40-18-48(69(90,91)92)29-49(19-40)70(93,94)95/h1-29H. The van der Waals surface area contributed by atoms with Crippen LogP contribution >= 0.6 is 0 Å². The normalized spacial score (nSPS) is 13.2. The van der Waals surface area contributed by atoms with Crippen LogP contribution in [0.2, 0.25) is 0 Å². The first-order valence-corrected chi connectivity index (χ1v) is 28.7. The van der Waals surface area contributed by atoms with Gasteiger partial charge < -0.3 is 9.13 Å². The number of hydrogen-bond acceptors (Lipinski definition) is 2. The highest BCUT2D eigenvalue weighted by Crippen LogP contribution is 2.50. The minimum absolute atomic E-state index is 0.224. The van der Waals surface area contributed by atoms with E-state index in [1.54, 1.807) is 0 Å². The highest BCUT2D eigenvalue weighted by Gasteiger charge is 2.43. The van der Waals surface area contributed by atoms with Crippen molar-refractivity contribution in [3.8, 4) is 79.1 Å². The van der Waals surface area contributed by atoms with Crippen molar-refractivity contribution < 1.29 is 119 Å². The van der Waals surface area contributed by atoms with Crippen molar-refractivity contribution in [2.24, 2.45) is 0 Å². The van der Waals surface area contributed by atoms with Crippen molar-refractivity contribution in [2.75, 3.05) is 0 Å². The summed E-state index contributed by atoms with van der Waals surface area (Å²) < 4.78 is 394. The van der Waals surface area contributed by atoms with E-state index in [2.05, 4.69) is 0 Å². The third-order valence-corrected chi connectivity index (χ3v) is 16.7. The average molecular weight is 1450 g/mol. The number of alkyl halides is 27. The van der Waals surface area contributed by atoms with Crippen LogP contribution < -0.4 is 0 Å². The van der Waals surface area contributed by atoms with Crippen molar-refractivity contribution in [3.63, 3.8) is 0 Å². The Bertz CT molecular complexity index is 4840. The SMILES string of the molecule is N#Cc1ccc(-c2cc(-n3c4ccc(-c5cc(C(F)(F)F)cc(C(F)(F)F)c5)cc4c4cc(-c5cc(C(F)(F)F)cc(C(F)(F)F)c5)ccc43)c(C#N)c(-n3c4ccc(-c5cc(C(F)(F)F)cc(C(F)(F)F)c5)cc4c4cc(-c5cc(C(F)(F)F)cc(C(F)(F)F)c5)ccc43)c2)c(C(F)(F)F)c1. The van der Waals surface area contributed by atoms with Gasteiger partial charge in [-0.1, -0.05) is 30.3 Å². The van der Waals surface area contributed by atoms with Gasteiger partial charge in [-0.05, 0) is 201 Å². The summed E-state index contributed by atoms with van der Waals surface area (Å²) in [5, 5.41) is 20.0. The second kappa shape index (κ2) is 23.8. The Kier molecular flexibility index (Phi) is 16.5. The van der Waals surface area contributed by atoms with Gasteiger partial charge in [0.2, 0.25) is 0 Å². The van der Waals surface area contributed by atoms with Gasteiger partial charge >= 0.3 is 55.6 Å². The molecule has 2 heterocycles. The summed E-state index contributed by atoms with van der Waals surface area (Å²) in [6, 6.07) is 20.0. The lowest BCUT2D eigenvalue weighted by atomic mass is 9.94. The lowest BCUT2D eigenvalue weighted by molar-refractivity contribution is -0.144. The Labute approximate surface area is 552 Å². The van der Waals surface area contributed by atoms with Crippen LogP contribution in [0.25, 0.3) is 111 Å². The number of nitrogens with zero attached hydrogens (tertiary/aromatic N) is 4. The van der Waals surface area contributed by atoms with Crippen LogP contribution in [0.1, 0.15) is 61.2 Å². The fourth-order valence-electron chi connectivity index (χ4n) is 12.1. The Hall–Kier alpha value is -11.1. The van der Waals surface area contributed by atoms with Crippen LogP contribution in [0, 0.1) is 22.7 Å². The van der Waals surface area contributed by atoms with Crippen LogP contribution in [0.3, 0.4) is 0 Å². The van der Waals surface area contributed by atoms with E-state index in [0.717, 1.165) is 106 Å². The van der Waals surface area contributed by atoms with Crippen molar-refractivity contribution in [1.82, 2.24) is 9.13 Å². The molecule has 0 fully saturated rings. The van der Waals surface area contributed by atoms with Crippen molar-refractivity contribution in [2.45, 2.75) is 55.6 Å².